The first kappa shape index (κ1) is 14.0. The molecule has 0 fully saturated rings. The van der Waals surface area contributed by atoms with E-state index in [1.165, 1.54) is 6.07 Å². The van der Waals surface area contributed by atoms with Crippen LogP contribution >= 0.6 is 15.9 Å². The Balaban J connectivity index is 2.07. The van der Waals surface area contributed by atoms with Crippen LogP contribution in [0.3, 0.4) is 0 Å². The Morgan fingerprint density at radius 3 is 2.68 bits per heavy atom. The molecule has 0 aromatic heterocycles. The molecule has 1 unspecified atom stereocenters. The van der Waals surface area contributed by atoms with E-state index >= 15 is 0 Å². The van der Waals surface area contributed by atoms with E-state index in [2.05, 4.69) is 21.2 Å². The lowest BCUT2D eigenvalue weighted by Gasteiger charge is -2.15. The van der Waals surface area contributed by atoms with Gasteiger partial charge in [-0.15, -0.1) is 0 Å². The van der Waals surface area contributed by atoms with E-state index in [0.717, 1.165) is 15.7 Å². The van der Waals surface area contributed by atoms with Crippen LogP contribution in [0.25, 0.3) is 0 Å². The maximum Gasteiger partial charge on any atom is 0.129 e. The monoisotopic (exact) mass is 323 g/mol. The van der Waals surface area contributed by atoms with Gasteiger partial charge in [-0.25, -0.2) is 4.39 Å². The molecular weight excluding hydrogens is 309 g/mol. The Morgan fingerprint density at radius 1 is 1.21 bits per heavy atom. The summed E-state index contributed by atoms with van der Waals surface area (Å²) in [6, 6.07) is 12.1. The Labute approximate surface area is 120 Å². The number of benzene rings is 2. The molecule has 2 aromatic carbocycles. The Morgan fingerprint density at radius 2 is 1.95 bits per heavy atom. The van der Waals surface area contributed by atoms with Crippen molar-refractivity contribution in [2.75, 3.05) is 11.9 Å². The van der Waals surface area contributed by atoms with Gasteiger partial charge in [0.2, 0.25) is 0 Å². The molecule has 2 N–H and O–H groups in total. The van der Waals surface area contributed by atoms with Crippen LogP contribution in [-0.4, -0.2) is 11.7 Å². The molecule has 4 heteroatoms. The third kappa shape index (κ3) is 3.33. The highest BCUT2D eigenvalue weighted by molar-refractivity contribution is 9.10. The summed E-state index contributed by atoms with van der Waals surface area (Å²) in [5.74, 6) is -0.389. The topological polar surface area (TPSA) is 32.3 Å². The maximum atomic E-state index is 13.5. The van der Waals surface area contributed by atoms with Crippen molar-refractivity contribution in [2.45, 2.75) is 13.0 Å². The average Bonchev–Trinajstić information content (AvgIpc) is 2.40. The van der Waals surface area contributed by atoms with E-state index in [1.54, 1.807) is 18.2 Å². The first-order valence-electron chi connectivity index (χ1n) is 6.01. The summed E-state index contributed by atoms with van der Waals surface area (Å²) in [6.07, 6.45) is -0.881. The van der Waals surface area contributed by atoms with Crippen LogP contribution in [0.1, 0.15) is 17.2 Å². The molecule has 0 radical (unpaired) electrons. The van der Waals surface area contributed by atoms with Gasteiger partial charge in [-0.3, -0.25) is 0 Å². The fourth-order valence-electron chi connectivity index (χ4n) is 1.85. The minimum absolute atomic E-state index is 0.253. The normalized spacial score (nSPS) is 12.2. The average molecular weight is 324 g/mol. The number of hydrogen-bond donors (Lipinski definition) is 2. The zero-order valence-corrected chi connectivity index (χ0v) is 12.1. The molecule has 0 saturated heterocycles. The van der Waals surface area contributed by atoms with E-state index < -0.39 is 6.10 Å². The molecule has 19 heavy (non-hydrogen) atoms. The van der Waals surface area contributed by atoms with Crippen LogP contribution in [0, 0.1) is 12.7 Å². The number of anilines is 1. The molecule has 0 saturated carbocycles. The molecule has 0 amide bonds. The minimum atomic E-state index is -0.881. The highest BCUT2D eigenvalue weighted by atomic mass is 79.9. The van der Waals surface area contributed by atoms with Crippen LogP contribution in [0.2, 0.25) is 0 Å². The number of nitrogens with one attached hydrogen (secondary N) is 1. The summed E-state index contributed by atoms with van der Waals surface area (Å²) < 4.78 is 14.5. The lowest BCUT2D eigenvalue weighted by atomic mass is 10.1. The van der Waals surface area contributed by atoms with Crippen molar-refractivity contribution in [1.82, 2.24) is 0 Å². The van der Waals surface area contributed by atoms with Gasteiger partial charge in [0.15, 0.2) is 0 Å². The summed E-state index contributed by atoms with van der Waals surface area (Å²) in [5.41, 5.74) is 2.29. The van der Waals surface area contributed by atoms with Crippen molar-refractivity contribution in [3.05, 3.63) is 63.9 Å². The summed E-state index contributed by atoms with van der Waals surface area (Å²) >= 11 is 3.48. The number of halogens is 2. The van der Waals surface area contributed by atoms with Crippen molar-refractivity contribution in [3.63, 3.8) is 0 Å². The van der Waals surface area contributed by atoms with E-state index in [9.17, 15) is 9.50 Å². The predicted molar refractivity (Wildman–Crippen MR) is 78.7 cm³/mol. The van der Waals surface area contributed by atoms with E-state index in [1.807, 2.05) is 25.1 Å². The zero-order valence-electron chi connectivity index (χ0n) is 10.5. The summed E-state index contributed by atoms with van der Waals surface area (Å²) in [6.45, 7) is 2.24. The summed E-state index contributed by atoms with van der Waals surface area (Å²) in [4.78, 5) is 0. The second-order valence-electron chi connectivity index (χ2n) is 4.35. The van der Waals surface area contributed by atoms with Gasteiger partial charge >= 0.3 is 0 Å². The SMILES string of the molecule is Cc1cccc(NCC(O)c2ccccc2F)c1Br. The van der Waals surface area contributed by atoms with Crippen molar-refractivity contribution in [2.24, 2.45) is 0 Å². The third-order valence-electron chi connectivity index (χ3n) is 2.94. The zero-order chi connectivity index (χ0) is 13.8. The van der Waals surface area contributed by atoms with Gasteiger partial charge in [0.05, 0.1) is 6.10 Å². The second-order valence-corrected chi connectivity index (χ2v) is 5.15. The van der Waals surface area contributed by atoms with Gasteiger partial charge in [0, 0.05) is 22.3 Å². The highest BCUT2D eigenvalue weighted by Crippen LogP contribution is 2.26. The van der Waals surface area contributed by atoms with E-state index in [4.69, 9.17) is 0 Å². The summed E-state index contributed by atoms with van der Waals surface area (Å²) in [7, 11) is 0. The number of aliphatic hydroxyl groups is 1. The number of aryl methyl sites for hydroxylation is 1. The molecule has 0 heterocycles. The molecule has 2 aromatic rings. The molecule has 1 atom stereocenters. The van der Waals surface area contributed by atoms with Gasteiger partial charge in [-0.1, -0.05) is 30.3 Å². The second kappa shape index (κ2) is 6.17. The van der Waals surface area contributed by atoms with Gasteiger partial charge in [0.25, 0.3) is 0 Å². The molecule has 2 rings (SSSR count). The molecule has 0 aliphatic carbocycles. The molecule has 0 spiro atoms. The van der Waals surface area contributed by atoms with Crippen molar-refractivity contribution in [1.29, 1.82) is 0 Å². The predicted octanol–water partition coefficient (Wildman–Crippen LogP) is 4.04. The number of hydrogen-bond acceptors (Lipinski definition) is 2. The van der Waals surface area contributed by atoms with Crippen LogP contribution in [0.15, 0.2) is 46.9 Å². The van der Waals surface area contributed by atoms with Crippen LogP contribution in [0.4, 0.5) is 10.1 Å². The van der Waals surface area contributed by atoms with Crippen LogP contribution < -0.4 is 5.32 Å². The fourth-order valence-corrected chi connectivity index (χ4v) is 2.25. The minimum Gasteiger partial charge on any atom is -0.386 e. The molecule has 100 valence electrons. The standard InChI is InChI=1S/C15H15BrFNO/c1-10-5-4-8-13(15(10)16)18-9-14(19)11-6-2-3-7-12(11)17/h2-8,14,18-19H,9H2,1H3. The summed E-state index contributed by atoms with van der Waals surface area (Å²) in [5, 5.41) is 13.1. The van der Waals surface area contributed by atoms with Crippen molar-refractivity contribution >= 4 is 21.6 Å². The van der Waals surface area contributed by atoms with Gasteiger partial charge < -0.3 is 10.4 Å². The largest absolute Gasteiger partial charge is 0.386 e. The maximum absolute atomic E-state index is 13.5. The first-order chi connectivity index (χ1) is 9.09. The van der Waals surface area contributed by atoms with Gasteiger partial charge in [0.1, 0.15) is 5.82 Å². The Hall–Kier alpha value is -1.39. The van der Waals surface area contributed by atoms with Gasteiger partial charge in [-0.05, 0) is 40.5 Å². The molecule has 0 aliphatic rings. The van der Waals surface area contributed by atoms with E-state index in [-0.39, 0.29) is 12.4 Å². The molecule has 0 aliphatic heterocycles. The van der Waals surface area contributed by atoms with Gasteiger partial charge in [-0.2, -0.15) is 0 Å². The molecule has 2 nitrogen and oxygen atoms in total. The van der Waals surface area contributed by atoms with E-state index in [0.29, 0.717) is 5.56 Å². The first-order valence-corrected chi connectivity index (χ1v) is 6.80. The Bertz CT molecular complexity index is 574. The quantitative estimate of drug-likeness (QED) is 0.889. The lowest BCUT2D eigenvalue weighted by molar-refractivity contribution is 0.186. The lowest BCUT2D eigenvalue weighted by Crippen LogP contribution is -2.13. The van der Waals surface area contributed by atoms with Crippen LogP contribution in [-0.2, 0) is 0 Å². The van der Waals surface area contributed by atoms with Crippen LogP contribution in [0.5, 0.6) is 0 Å². The molecular formula is C15H15BrFNO. The molecule has 0 bridgehead atoms. The van der Waals surface area contributed by atoms with Crippen molar-refractivity contribution in [3.8, 4) is 0 Å². The third-order valence-corrected chi connectivity index (χ3v) is 3.99. The fraction of sp³-hybridized carbons (Fsp3) is 0.200. The number of rotatable bonds is 4. The Kier molecular flexibility index (Phi) is 4.56. The van der Waals surface area contributed by atoms with Crippen molar-refractivity contribution < 1.29 is 9.50 Å². The smallest absolute Gasteiger partial charge is 0.129 e. The number of aliphatic hydroxyl groups excluding tert-OH is 1. The highest BCUT2D eigenvalue weighted by Gasteiger charge is 2.12.